The molecule has 5 nitrogen and oxygen atoms in total. The fourth-order valence-corrected chi connectivity index (χ4v) is 4.91. The molecule has 2 heterocycles. The zero-order chi connectivity index (χ0) is 16.8. The van der Waals surface area contributed by atoms with E-state index in [9.17, 15) is 9.90 Å². The van der Waals surface area contributed by atoms with Gasteiger partial charge in [-0.05, 0) is 49.1 Å². The Bertz CT molecular complexity index is 761. The number of piperidine rings is 1. The third-order valence-electron chi connectivity index (χ3n) is 5.87. The lowest BCUT2D eigenvalue weighted by Gasteiger charge is -2.38. The van der Waals surface area contributed by atoms with Gasteiger partial charge in [0, 0.05) is 36.0 Å². The molecule has 1 aromatic heterocycles. The number of rotatable bonds is 3. The highest BCUT2D eigenvalue weighted by molar-refractivity contribution is 6.31. The number of H-pyrrole nitrogens is 1. The largest absolute Gasteiger partial charge is 0.388 e. The predicted molar refractivity (Wildman–Crippen MR) is 92.6 cm³/mol. The van der Waals surface area contributed by atoms with Gasteiger partial charge in [-0.1, -0.05) is 11.6 Å². The van der Waals surface area contributed by atoms with Gasteiger partial charge in [-0.3, -0.25) is 9.89 Å². The van der Waals surface area contributed by atoms with Gasteiger partial charge in [-0.2, -0.15) is 5.10 Å². The monoisotopic (exact) mass is 347 g/mol. The van der Waals surface area contributed by atoms with Gasteiger partial charge in [0.05, 0.1) is 17.8 Å². The standard InChI is InChI=1S/C18H22ClN3O2/c1-10(23)22-8-11-2-3-12(9-22)15(11)6-17(24)16-5-14(19)4-13-7-20-21-18(13)16/h4-5,7,11-12,15,17,24H,2-3,6,8-9H2,1H3,(H,20,21). The molecule has 1 aromatic carbocycles. The molecule has 2 fully saturated rings. The molecule has 1 amide bonds. The summed E-state index contributed by atoms with van der Waals surface area (Å²) in [6.45, 7) is 3.31. The van der Waals surface area contributed by atoms with E-state index in [1.807, 2.05) is 17.0 Å². The van der Waals surface area contributed by atoms with Crippen LogP contribution in [0.1, 0.15) is 37.9 Å². The van der Waals surface area contributed by atoms with Crippen LogP contribution >= 0.6 is 11.6 Å². The van der Waals surface area contributed by atoms with E-state index in [0.717, 1.165) is 48.8 Å². The molecule has 1 aliphatic carbocycles. The van der Waals surface area contributed by atoms with Gasteiger partial charge in [-0.25, -0.2) is 0 Å². The third kappa shape index (κ3) is 2.70. The quantitative estimate of drug-likeness (QED) is 0.896. The Morgan fingerprint density at radius 2 is 2.12 bits per heavy atom. The van der Waals surface area contributed by atoms with Crippen LogP contribution in [0.3, 0.4) is 0 Å². The van der Waals surface area contributed by atoms with Crippen LogP contribution in [0.15, 0.2) is 18.3 Å². The van der Waals surface area contributed by atoms with E-state index in [2.05, 4.69) is 10.2 Å². The molecular weight excluding hydrogens is 326 g/mol. The lowest BCUT2D eigenvalue weighted by atomic mass is 9.80. The van der Waals surface area contributed by atoms with E-state index in [1.165, 1.54) is 0 Å². The van der Waals surface area contributed by atoms with E-state index in [-0.39, 0.29) is 5.91 Å². The Balaban J connectivity index is 1.55. The van der Waals surface area contributed by atoms with E-state index >= 15 is 0 Å². The molecule has 128 valence electrons. The molecule has 2 aliphatic rings. The minimum absolute atomic E-state index is 0.167. The summed E-state index contributed by atoms with van der Waals surface area (Å²) < 4.78 is 0. The SMILES string of the molecule is CC(=O)N1CC2CCC(C1)C2CC(O)c1cc(Cl)cc2cn[nH]c12. The van der Waals surface area contributed by atoms with Gasteiger partial charge in [0.2, 0.25) is 5.91 Å². The molecule has 3 atom stereocenters. The van der Waals surface area contributed by atoms with Gasteiger partial charge in [0.15, 0.2) is 0 Å². The van der Waals surface area contributed by atoms with Crippen molar-refractivity contribution in [3.05, 3.63) is 28.9 Å². The molecule has 1 aliphatic heterocycles. The lowest BCUT2D eigenvalue weighted by Crippen LogP contribution is -2.44. The number of benzene rings is 1. The second kappa shape index (κ2) is 6.05. The average Bonchev–Trinajstić information content (AvgIpc) is 3.07. The second-order valence-corrected chi connectivity index (χ2v) is 7.70. The van der Waals surface area contributed by atoms with Crippen LogP contribution in [0.2, 0.25) is 5.02 Å². The van der Waals surface area contributed by atoms with E-state index in [4.69, 9.17) is 11.6 Å². The fourth-order valence-electron chi connectivity index (χ4n) is 4.67. The van der Waals surface area contributed by atoms with E-state index in [1.54, 1.807) is 13.1 Å². The van der Waals surface area contributed by atoms with Gasteiger partial charge < -0.3 is 10.0 Å². The zero-order valence-electron chi connectivity index (χ0n) is 13.7. The first-order valence-electron chi connectivity index (χ1n) is 8.59. The highest BCUT2D eigenvalue weighted by atomic mass is 35.5. The number of nitrogens with one attached hydrogen (secondary N) is 1. The van der Waals surface area contributed by atoms with Crippen LogP contribution in [-0.4, -0.2) is 39.2 Å². The molecule has 0 radical (unpaired) electrons. The number of aromatic nitrogens is 2. The summed E-state index contributed by atoms with van der Waals surface area (Å²) in [7, 11) is 0. The molecule has 1 saturated carbocycles. The van der Waals surface area contributed by atoms with Gasteiger partial charge in [0.1, 0.15) is 0 Å². The first-order valence-corrected chi connectivity index (χ1v) is 8.97. The Kier molecular flexibility index (Phi) is 4.01. The number of amides is 1. The number of carbonyl (C=O) groups is 1. The molecule has 6 heteroatoms. The Morgan fingerprint density at radius 3 is 2.79 bits per heavy atom. The van der Waals surface area contributed by atoms with Crippen LogP contribution < -0.4 is 0 Å². The maximum atomic E-state index is 11.7. The third-order valence-corrected chi connectivity index (χ3v) is 6.09. The molecule has 24 heavy (non-hydrogen) atoms. The maximum Gasteiger partial charge on any atom is 0.219 e. The second-order valence-electron chi connectivity index (χ2n) is 7.27. The molecule has 2 aromatic rings. The Labute approximate surface area is 146 Å². The van der Waals surface area contributed by atoms with Crippen molar-refractivity contribution >= 4 is 28.4 Å². The summed E-state index contributed by atoms with van der Waals surface area (Å²) >= 11 is 6.19. The maximum absolute atomic E-state index is 11.7. The molecule has 4 rings (SSSR count). The van der Waals surface area contributed by atoms with Crippen molar-refractivity contribution in [1.82, 2.24) is 15.1 Å². The molecule has 3 unspecified atom stereocenters. The van der Waals surface area contributed by atoms with Gasteiger partial charge in [-0.15, -0.1) is 0 Å². The minimum Gasteiger partial charge on any atom is -0.388 e. The first kappa shape index (κ1) is 15.9. The Morgan fingerprint density at radius 1 is 1.42 bits per heavy atom. The van der Waals surface area contributed by atoms with Crippen LogP contribution in [0.25, 0.3) is 10.9 Å². The minimum atomic E-state index is -0.566. The van der Waals surface area contributed by atoms with E-state index < -0.39 is 6.10 Å². The number of carbonyl (C=O) groups excluding carboxylic acids is 1. The van der Waals surface area contributed by atoms with E-state index in [0.29, 0.717) is 22.8 Å². The van der Waals surface area contributed by atoms with Gasteiger partial charge >= 0.3 is 0 Å². The van der Waals surface area contributed by atoms with Crippen molar-refractivity contribution in [2.75, 3.05) is 13.1 Å². The summed E-state index contributed by atoms with van der Waals surface area (Å²) in [6, 6.07) is 3.69. The number of aromatic amines is 1. The number of aliphatic hydroxyl groups is 1. The highest BCUT2D eigenvalue weighted by Crippen LogP contribution is 2.46. The summed E-state index contributed by atoms with van der Waals surface area (Å²) in [6.07, 6.45) is 4.19. The number of fused-ring (bicyclic) bond motifs is 3. The van der Waals surface area contributed by atoms with Crippen LogP contribution in [-0.2, 0) is 4.79 Å². The van der Waals surface area contributed by atoms with Gasteiger partial charge in [0.25, 0.3) is 0 Å². The van der Waals surface area contributed by atoms with Crippen molar-refractivity contribution in [3.8, 4) is 0 Å². The molecule has 2 N–H and O–H groups in total. The van der Waals surface area contributed by atoms with Crippen molar-refractivity contribution < 1.29 is 9.90 Å². The van der Waals surface area contributed by atoms with Crippen molar-refractivity contribution in [2.45, 2.75) is 32.3 Å². The van der Waals surface area contributed by atoms with Crippen LogP contribution in [0, 0.1) is 17.8 Å². The number of likely N-dealkylation sites (tertiary alicyclic amines) is 1. The fraction of sp³-hybridized carbons (Fsp3) is 0.556. The van der Waals surface area contributed by atoms with Crippen LogP contribution in [0.5, 0.6) is 0 Å². The number of hydrogen-bond acceptors (Lipinski definition) is 3. The number of hydrogen-bond donors (Lipinski definition) is 2. The molecule has 2 bridgehead atoms. The van der Waals surface area contributed by atoms with Crippen molar-refractivity contribution in [3.63, 3.8) is 0 Å². The first-order chi connectivity index (χ1) is 11.5. The van der Waals surface area contributed by atoms with Crippen LogP contribution in [0.4, 0.5) is 0 Å². The molecule has 1 saturated heterocycles. The zero-order valence-corrected chi connectivity index (χ0v) is 14.5. The summed E-state index contributed by atoms with van der Waals surface area (Å²) in [4.78, 5) is 13.6. The topological polar surface area (TPSA) is 69.2 Å². The number of halogens is 1. The van der Waals surface area contributed by atoms with Crippen molar-refractivity contribution in [1.29, 1.82) is 0 Å². The summed E-state index contributed by atoms with van der Waals surface area (Å²) in [5, 5.41) is 19.4. The predicted octanol–water partition coefficient (Wildman–Crippen LogP) is 3.14. The number of nitrogens with zero attached hydrogens (tertiary/aromatic N) is 2. The number of aliphatic hydroxyl groups excluding tert-OH is 1. The average molecular weight is 348 g/mol. The molecule has 0 spiro atoms. The Hall–Kier alpha value is -1.59. The molecular formula is C18H22ClN3O2. The van der Waals surface area contributed by atoms with Crippen molar-refractivity contribution in [2.24, 2.45) is 17.8 Å². The lowest BCUT2D eigenvalue weighted by molar-refractivity contribution is -0.132. The normalized spacial score (nSPS) is 27.6. The summed E-state index contributed by atoms with van der Waals surface area (Å²) in [5.74, 6) is 1.63. The summed E-state index contributed by atoms with van der Waals surface area (Å²) in [5.41, 5.74) is 1.68. The highest BCUT2D eigenvalue weighted by Gasteiger charge is 2.43. The smallest absolute Gasteiger partial charge is 0.219 e.